The monoisotopic (exact) mass is 472 g/mol. The Labute approximate surface area is 204 Å². The van der Waals surface area contributed by atoms with Gasteiger partial charge < -0.3 is 24.5 Å². The number of piperidine rings is 1. The minimum atomic E-state index is -0.0212. The molecule has 0 bridgehead atoms. The standard InChI is InChI=1S/C27H32N6O2/c1-16-6-9-20(28)15-32(16)27(34)19-11-21-24(23(13-19)35-3)31(2)26(30-21)22-12-18-5-4-10-29-25(18)33(22)14-17-7-8-17/h4-5,10-13,16-17,20H,6-9,14-15,28H2,1-3H3/t16-,20+/m1/s1. The fraction of sp³-hybridized carbons (Fsp3) is 0.444. The van der Waals surface area contributed by atoms with Crippen LogP contribution < -0.4 is 10.5 Å². The normalized spacial score (nSPS) is 20.6. The molecule has 2 atom stereocenters. The van der Waals surface area contributed by atoms with Gasteiger partial charge in [-0.25, -0.2) is 9.97 Å². The van der Waals surface area contributed by atoms with Crippen molar-refractivity contribution in [3.8, 4) is 17.3 Å². The molecule has 1 aliphatic carbocycles. The third kappa shape index (κ3) is 3.76. The van der Waals surface area contributed by atoms with Crippen molar-refractivity contribution in [2.45, 2.75) is 51.2 Å². The molecule has 2 aliphatic rings. The van der Waals surface area contributed by atoms with Crippen molar-refractivity contribution in [1.29, 1.82) is 0 Å². The second-order valence-corrected chi connectivity index (χ2v) is 10.2. The van der Waals surface area contributed by atoms with Crippen molar-refractivity contribution in [3.63, 3.8) is 0 Å². The molecule has 4 aromatic rings. The van der Waals surface area contributed by atoms with Crippen LogP contribution in [0.5, 0.6) is 5.75 Å². The number of fused-ring (bicyclic) bond motifs is 2. The van der Waals surface area contributed by atoms with Crippen LogP contribution >= 0.6 is 0 Å². The lowest BCUT2D eigenvalue weighted by Crippen LogP contribution is -2.50. The van der Waals surface area contributed by atoms with E-state index < -0.39 is 0 Å². The first-order valence-corrected chi connectivity index (χ1v) is 12.5. The van der Waals surface area contributed by atoms with Gasteiger partial charge in [-0.1, -0.05) is 0 Å². The van der Waals surface area contributed by atoms with Gasteiger partial charge in [0.1, 0.15) is 16.9 Å². The Morgan fingerprint density at radius 1 is 1.20 bits per heavy atom. The summed E-state index contributed by atoms with van der Waals surface area (Å²) in [5.74, 6) is 2.16. The Bertz CT molecular complexity index is 1430. The lowest BCUT2D eigenvalue weighted by molar-refractivity contribution is 0.0612. The number of aryl methyl sites for hydroxylation is 1. The van der Waals surface area contributed by atoms with E-state index in [1.165, 1.54) is 12.8 Å². The molecule has 0 unspecified atom stereocenters. The highest BCUT2D eigenvalue weighted by molar-refractivity contribution is 6.00. The number of benzene rings is 1. The Morgan fingerprint density at radius 3 is 2.80 bits per heavy atom. The molecule has 0 radical (unpaired) electrons. The number of carbonyl (C=O) groups is 1. The van der Waals surface area contributed by atoms with E-state index in [9.17, 15) is 4.79 Å². The molecule has 1 aromatic carbocycles. The fourth-order valence-corrected chi connectivity index (χ4v) is 5.42. The SMILES string of the molecule is COc1cc(C(=O)N2C[C@@H](N)CC[C@H]2C)cc2nc(-c3cc4cccnc4n3CC3CC3)n(C)c12. The van der Waals surface area contributed by atoms with Gasteiger partial charge in [-0.3, -0.25) is 4.79 Å². The van der Waals surface area contributed by atoms with Crippen LogP contribution in [0.4, 0.5) is 0 Å². The van der Waals surface area contributed by atoms with E-state index in [0.29, 0.717) is 23.8 Å². The lowest BCUT2D eigenvalue weighted by atomic mass is 9.99. The van der Waals surface area contributed by atoms with E-state index in [1.807, 2.05) is 36.3 Å². The van der Waals surface area contributed by atoms with E-state index in [1.54, 1.807) is 7.11 Å². The molecule has 2 fully saturated rings. The highest BCUT2D eigenvalue weighted by Crippen LogP contribution is 2.37. The molecule has 8 nitrogen and oxygen atoms in total. The molecule has 1 saturated heterocycles. The Kier molecular flexibility index (Phi) is 5.29. The number of pyridine rings is 1. The molecule has 1 amide bonds. The van der Waals surface area contributed by atoms with E-state index in [0.717, 1.165) is 53.0 Å². The fourth-order valence-electron chi connectivity index (χ4n) is 5.42. The third-order valence-electron chi connectivity index (χ3n) is 7.60. The lowest BCUT2D eigenvalue weighted by Gasteiger charge is -2.36. The minimum absolute atomic E-state index is 0.0178. The van der Waals surface area contributed by atoms with Crippen LogP contribution in [0, 0.1) is 5.92 Å². The summed E-state index contributed by atoms with van der Waals surface area (Å²) in [6.45, 7) is 3.60. The number of hydrogen-bond donors (Lipinski definition) is 1. The summed E-state index contributed by atoms with van der Waals surface area (Å²) in [4.78, 5) is 25.1. The molecular formula is C27H32N6O2. The van der Waals surface area contributed by atoms with Crippen molar-refractivity contribution in [2.24, 2.45) is 18.7 Å². The van der Waals surface area contributed by atoms with E-state index >= 15 is 0 Å². The van der Waals surface area contributed by atoms with Gasteiger partial charge in [0.2, 0.25) is 0 Å². The predicted octanol–water partition coefficient (Wildman–Crippen LogP) is 3.96. The first-order chi connectivity index (χ1) is 16.9. The summed E-state index contributed by atoms with van der Waals surface area (Å²) in [6.07, 6.45) is 6.22. The zero-order valence-electron chi connectivity index (χ0n) is 20.6. The van der Waals surface area contributed by atoms with Crippen LogP contribution in [-0.2, 0) is 13.6 Å². The number of amides is 1. The quantitative estimate of drug-likeness (QED) is 0.475. The average Bonchev–Trinajstić information content (AvgIpc) is 3.53. The molecule has 35 heavy (non-hydrogen) atoms. The van der Waals surface area contributed by atoms with Crippen molar-refractivity contribution in [3.05, 3.63) is 42.1 Å². The second-order valence-electron chi connectivity index (χ2n) is 10.2. The summed E-state index contributed by atoms with van der Waals surface area (Å²) >= 11 is 0. The highest BCUT2D eigenvalue weighted by Gasteiger charge is 2.30. The number of aromatic nitrogens is 4. The minimum Gasteiger partial charge on any atom is -0.494 e. The second kappa shape index (κ2) is 8.37. The van der Waals surface area contributed by atoms with Crippen molar-refractivity contribution < 1.29 is 9.53 Å². The van der Waals surface area contributed by atoms with Gasteiger partial charge >= 0.3 is 0 Å². The number of hydrogen-bond acceptors (Lipinski definition) is 5. The Hall–Kier alpha value is -3.39. The average molecular weight is 473 g/mol. The number of nitrogens with two attached hydrogens (primary N) is 1. The van der Waals surface area contributed by atoms with Gasteiger partial charge in [-0.15, -0.1) is 0 Å². The van der Waals surface area contributed by atoms with Gasteiger partial charge in [0.25, 0.3) is 5.91 Å². The Morgan fingerprint density at radius 2 is 2.03 bits per heavy atom. The number of methoxy groups -OCH3 is 1. The molecular weight excluding hydrogens is 440 g/mol. The van der Waals surface area contributed by atoms with Crippen LogP contribution in [0.1, 0.15) is 43.0 Å². The molecule has 2 N–H and O–H groups in total. The smallest absolute Gasteiger partial charge is 0.254 e. The number of rotatable bonds is 5. The first kappa shape index (κ1) is 22.1. The van der Waals surface area contributed by atoms with E-state index in [-0.39, 0.29) is 18.0 Å². The van der Waals surface area contributed by atoms with Crippen molar-refractivity contribution in [2.75, 3.05) is 13.7 Å². The molecule has 0 spiro atoms. The van der Waals surface area contributed by atoms with Crippen molar-refractivity contribution in [1.82, 2.24) is 24.0 Å². The maximum absolute atomic E-state index is 13.5. The molecule has 4 heterocycles. The van der Waals surface area contributed by atoms with Crippen LogP contribution in [0.3, 0.4) is 0 Å². The zero-order chi connectivity index (χ0) is 24.3. The first-order valence-electron chi connectivity index (χ1n) is 12.5. The summed E-state index contributed by atoms with van der Waals surface area (Å²) in [5, 5.41) is 1.11. The van der Waals surface area contributed by atoms with Gasteiger partial charge in [0, 0.05) is 49.4 Å². The summed E-state index contributed by atoms with van der Waals surface area (Å²) in [7, 11) is 3.65. The predicted molar refractivity (Wildman–Crippen MR) is 136 cm³/mol. The third-order valence-corrected chi connectivity index (χ3v) is 7.60. The van der Waals surface area contributed by atoms with Gasteiger partial charge in [0.15, 0.2) is 5.82 Å². The number of ether oxygens (including phenoxy) is 1. The maximum atomic E-state index is 13.5. The molecule has 6 rings (SSSR count). The molecule has 3 aromatic heterocycles. The molecule has 8 heteroatoms. The van der Waals surface area contributed by atoms with Crippen molar-refractivity contribution >= 4 is 28.0 Å². The van der Waals surface area contributed by atoms with Gasteiger partial charge in [0.05, 0.1) is 18.3 Å². The number of nitrogens with zero attached hydrogens (tertiary/aromatic N) is 5. The number of carbonyl (C=O) groups excluding carboxylic acids is 1. The van der Waals surface area contributed by atoms with Crippen LogP contribution in [0.15, 0.2) is 36.5 Å². The maximum Gasteiger partial charge on any atom is 0.254 e. The van der Waals surface area contributed by atoms with Crippen LogP contribution in [0.25, 0.3) is 33.6 Å². The largest absolute Gasteiger partial charge is 0.494 e. The number of likely N-dealkylation sites (tertiary alicyclic amines) is 1. The number of imidazole rings is 1. The Balaban J connectivity index is 1.47. The van der Waals surface area contributed by atoms with E-state index in [2.05, 4.69) is 33.2 Å². The summed E-state index contributed by atoms with van der Waals surface area (Å²) in [5.41, 5.74) is 10.4. The molecule has 1 aliphatic heterocycles. The van der Waals surface area contributed by atoms with Gasteiger partial charge in [-0.05, 0) is 68.9 Å². The van der Waals surface area contributed by atoms with Gasteiger partial charge in [-0.2, -0.15) is 0 Å². The topological polar surface area (TPSA) is 91.2 Å². The van der Waals surface area contributed by atoms with Crippen LogP contribution in [0.2, 0.25) is 0 Å². The summed E-state index contributed by atoms with van der Waals surface area (Å²) < 4.78 is 10.1. The van der Waals surface area contributed by atoms with Crippen LogP contribution in [-0.4, -0.2) is 55.6 Å². The molecule has 1 saturated carbocycles. The van der Waals surface area contributed by atoms with E-state index in [4.69, 9.17) is 15.5 Å². The molecule has 182 valence electrons. The summed E-state index contributed by atoms with van der Waals surface area (Å²) in [6, 6.07) is 10.1. The zero-order valence-corrected chi connectivity index (χ0v) is 20.6. The highest BCUT2D eigenvalue weighted by atomic mass is 16.5.